The van der Waals surface area contributed by atoms with Crippen LogP contribution >= 0.6 is 11.3 Å². The number of ether oxygens (including phenoxy) is 3. The number of thiophene rings is 1. The van der Waals surface area contributed by atoms with Crippen molar-refractivity contribution < 1.29 is 23.8 Å². The number of aryl methyl sites for hydroxylation is 1. The number of hydrogen-bond acceptors (Lipinski definition) is 6. The van der Waals surface area contributed by atoms with Gasteiger partial charge in [-0.2, -0.15) is 0 Å². The molecule has 1 unspecified atom stereocenters. The third-order valence-corrected chi connectivity index (χ3v) is 7.22. The molecule has 4 rings (SSSR count). The molecule has 1 aromatic heterocycles. The molecule has 1 aliphatic carbocycles. The van der Waals surface area contributed by atoms with Crippen LogP contribution in [0.4, 0.5) is 5.00 Å². The fraction of sp³-hybridized carbons (Fsp3) is 0.520. The molecule has 2 aliphatic rings. The van der Waals surface area contributed by atoms with E-state index < -0.39 is 0 Å². The average molecular weight is 473 g/mol. The van der Waals surface area contributed by atoms with Gasteiger partial charge in [0.1, 0.15) is 17.4 Å². The highest BCUT2D eigenvalue weighted by Crippen LogP contribution is 2.38. The minimum atomic E-state index is -0.229. The summed E-state index contributed by atoms with van der Waals surface area (Å²) in [4.78, 5) is 27.2. The lowest BCUT2D eigenvalue weighted by Crippen LogP contribution is -2.27. The summed E-state index contributed by atoms with van der Waals surface area (Å²) in [5, 5.41) is 6.61. The number of carbonyl (C=O) groups excluding carboxylic acids is 2. The maximum Gasteiger partial charge on any atom is 0.256 e. The summed E-state index contributed by atoms with van der Waals surface area (Å²) in [6.45, 7) is 2.46. The highest BCUT2D eigenvalue weighted by atomic mass is 32.1. The molecular formula is C25H32N2O5S. The summed E-state index contributed by atoms with van der Waals surface area (Å²) < 4.78 is 16.4. The van der Waals surface area contributed by atoms with Gasteiger partial charge in [-0.05, 0) is 74.8 Å². The second kappa shape index (κ2) is 11.6. The predicted molar refractivity (Wildman–Crippen MR) is 129 cm³/mol. The van der Waals surface area contributed by atoms with Gasteiger partial charge in [-0.1, -0.05) is 0 Å². The molecule has 0 saturated carbocycles. The number of anilines is 1. The van der Waals surface area contributed by atoms with Crippen LogP contribution < -0.4 is 15.4 Å². The third-order valence-electron chi connectivity index (χ3n) is 6.01. The Labute approximate surface area is 198 Å². The van der Waals surface area contributed by atoms with Crippen molar-refractivity contribution in [3.8, 4) is 5.75 Å². The van der Waals surface area contributed by atoms with E-state index in [0.717, 1.165) is 57.1 Å². The summed E-state index contributed by atoms with van der Waals surface area (Å²) in [6.07, 6.45) is 7.00. The van der Waals surface area contributed by atoms with Crippen molar-refractivity contribution >= 4 is 28.2 Å². The molecule has 2 heterocycles. The van der Waals surface area contributed by atoms with Crippen molar-refractivity contribution in [2.75, 3.05) is 38.8 Å². The van der Waals surface area contributed by atoms with Crippen LogP contribution in [0.25, 0.3) is 0 Å². The standard InChI is InChI=1S/C25H32N2O5S/c1-30-14-5-13-26-24(29)22-20-7-2-3-8-21(20)33-25(22)27-23(28)17-9-11-18(12-10-17)32-16-19-6-4-15-31-19/h9-12,19H,2-8,13-16H2,1H3,(H,26,29)(H,27,28). The van der Waals surface area contributed by atoms with E-state index in [1.165, 1.54) is 16.2 Å². The lowest BCUT2D eigenvalue weighted by atomic mass is 9.95. The molecule has 1 aliphatic heterocycles. The summed E-state index contributed by atoms with van der Waals surface area (Å²) in [7, 11) is 1.65. The second-order valence-corrected chi connectivity index (χ2v) is 9.55. The summed E-state index contributed by atoms with van der Waals surface area (Å²) in [5.41, 5.74) is 2.23. The van der Waals surface area contributed by atoms with Gasteiger partial charge in [0.15, 0.2) is 0 Å². The van der Waals surface area contributed by atoms with Crippen molar-refractivity contribution in [2.45, 2.75) is 51.0 Å². The zero-order valence-electron chi connectivity index (χ0n) is 19.1. The van der Waals surface area contributed by atoms with Gasteiger partial charge in [0, 0.05) is 37.3 Å². The first-order chi connectivity index (χ1) is 16.2. The lowest BCUT2D eigenvalue weighted by Gasteiger charge is -2.13. The molecule has 2 amide bonds. The average Bonchev–Trinajstić information content (AvgIpc) is 3.48. The van der Waals surface area contributed by atoms with E-state index in [-0.39, 0.29) is 17.9 Å². The fourth-order valence-electron chi connectivity index (χ4n) is 4.24. The Morgan fingerprint density at radius 1 is 1.12 bits per heavy atom. The predicted octanol–water partition coefficient (Wildman–Crippen LogP) is 4.20. The minimum absolute atomic E-state index is 0.126. The van der Waals surface area contributed by atoms with E-state index >= 15 is 0 Å². The molecule has 7 nitrogen and oxygen atoms in total. The van der Waals surface area contributed by atoms with E-state index in [2.05, 4.69) is 10.6 Å². The van der Waals surface area contributed by atoms with E-state index in [4.69, 9.17) is 14.2 Å². The van der Waals surface area contributed by atoms with Gasteiger partial charge in [-0.3, -0.25) is 9.59 Å². The van der Waals surface area contributed by atoms with Gasteiger partial charge in [-0.25, -0.2) is 0 Å². The van der Waals surface area contributed by atoms with Gasteiger partial charge in [-0.15, -0.1) is 11.3 Å². The van der Waals surface area contributed by atoms with Crippen LogP contribution in [0, 0.1) is 0 Å². The first-order valence-electron chi connectivity index (χ1n) is 11.7. The lowest BCUT2D eigenvalue weighted by molar-refractivity contribution is 0.0679. The maximum absolute atomic E-state index is 13.0. The smallest absolute Gasteiger partial charge is 0.256 e. The molecule has 0 spiro atoms. The number of benzene rings is 1. The van der Waals surface area contributed by atoms with Crippen LogP contribution in [0.15, 0.2) is 24.3 Å². The molecule has 1 fully saturated rings. The van der Waals surface area contributed by atoms with Gasteiger partial charge in [0.2, 0.25) is 0 Å². The number of amides is 2. The molecule has 1 aromatic carbocycles. The number of carbonyl (C=O) groups is 2. The minimum Gasteiger partial charge on any atom is -0.491 e. The van der Waals surface area contributed by atoms with E-state index in [9.17, 15) is 9.59 Å². The first kappa shape index (κ1) is 23.7. The number of methoxy groups -OCH3 is 1. The molecule has 2 aromatic rings. The second-order valence-electron chi connectivity index (χ2n) is 8.44. The summed E-state index contributed by atoms with van der Waals surface area (Å²) in [5.74, 6) is 0.358. The number of hydrogen-bond donors (Lipinski definition) is 2. The Morgan fingerprint density at radius 2 is 1.94 bits per heavy atom. The normalized spacial score (nSPS) is 17.4. The number of rotatable bonds is 10. The highest BCUT2D eigenvalue weighted by molar-refractivity contribution is 7.17. The molecule has 1 atom stereocenters. The van der Waals surface area contributed by atoms with Crippen LogP contribution in [0.3, 0.4) is 0 Å². The van der Waals surface area contributed by atoms with Crippen molar-refractivity contribution in [2.24, 2.45) is 0 Å². The molecule has 178 valence electrons. The van der Waals surface area contributed by atoms with Gasteiger partial charge in [0.05, 0.1) is 11.7 Å². The Bertz CT molecular complexity index is 950. The van der Waals surface area contributed by atoms with Crippen LogP contribution in [-0.2, 0) is 22.3 Å². The topological polar surface area (TPSA) is 85.9 Å². The van der Waals surface area contributed by atoms with Crippen LogP contribution in [0.1, 0.15) is 63.3 Å². The summed E-state index contributed by atoms with van der Waals surface area (Å²) in [6, 6.07) is 7.09. The quantitative estimate of drug-likeness (QED) is 0.506. The first-order valence-corrected chi connectivity index (χ1v) is 12.5. The zero-order valence-corrected chi connectivity index (χ0v) is 19.9. The molecule has 2 N–H and O–H groups in total. The largest absolute Gasteiger partial charge is 0.491 e. The molecule has 1 saturated heterocycles. The number of nitrogens with one attached hydrogen (secondary N) is 2. The Hall–Kier alpha value is -2.42. The van der Waals surface area contributed by atoms with Gasteiger partial charge < -0.3 is 24.8 Å². The monoisotopic (exact) mass is 472 g/mol. The highest BCUT2D eigenvalue weighted by Gasteiger charge is 2.26. The maximum atomic E-state index is 13.0. The van der Waals surface area contributed by atoms with Gasteiger partial charge >= 0.3 is 0 Å². The zero-order chi connectivity index (χ0) is 23.0. The van der Waals surface area contributed by atoms with Crippen molar-refractivity contribution in [1.29, 1.82) is 0 Å². The van der Waals surface area contributed by atoms with Crippen molar-refractivity contribution in [3.63, 3.8) is 0 Å². The van der Waals surface area contributed by atoms with Crippen LogP contribution in [-0.4, -0.2) is 51.4 Å². The Balaban J connectivity index is 1.42. The third kappa shape index (κ3) is 6.13. The molecular weight excluding hydrogens is 440 g/mol. The Kier molecular flexibility index (Phi) is 8.36. The molecule has 8 heteroatoms. The van der Waals surface area contributed by atoms with E-state index in [1.807, 2.05) is 0 Å². The molecule has 0 radical (unpaired) electrons. The van der Waals surface area contributed by atoms with Crippen molar-refractivity contribution in [1.82, 2.24) is 5.32 Å². The van der Waals surface area contributed by atoms with Crippen LogP contribution in [0.5, 0.6) is 5.75 Å². The number of fused-ring (bicyclic) bond motifs is 1. The molecule has 33 heavy (non-hydrogen) atoms. The van der Waals surface area contributed by atoms with Crippen molar-refractivity contribution in [3.05, 3.63) is 45.8 Å². The fourth-order valence-corrected chi connectivity index (χ4v) is 5.53. The van der Waals surface area contributed by atoms with E-state index in [0.29, 0.717) is 41.6 Å². The Morgan fingerprint density at radius 3 is 2.70 bits per heavy atom. The summed E-state index contributed by atoms with van der Waals surface area (Å²) >= 11 is 1.53. The molecule has 0 bridgehead atoms. The van der Waals surface area contributed by atoms with Crippen LogP contribution in [0.2, 0.25) is 0 Å². The SMILES string of the molecule is COCCCNC(=O)c1c(NC(=O)c2ccc(OCC3CCCO3)cc2)sc2c1CCCC2. The van der Waals surface area contributed by atoms with E-state index in [1.54, 1.807) is 31.4 Å². The van der Waals surface area contributed by atoms with Gasteiger partial charge in [0.25, 0.3) is 11.8 Å².